The van der Waals surface area contributed by atoms with E-state index in [9.17, 15) is 8.42 Å². The fraction of sp³-hybridized carbons (Fsp3) is 0.429. The molecule has 0 atom stereocenters. The lowest BCUT2D eigenvalue weighted by Crippen LogP contribution is -1.95. The van der Waals surface area contributed by atoms with Crippen molar-refractivity contribution in [3.05, 3.63) is 17.9 Å². The summed E-state index contributed by atoms with van der Waals surface area (Å²) in [5.41, 5.74) is 0. The molecule has 0 aliphatic rings. The van der Waals surface area contributed by atoms with Crippen LogP contribution < -0.4 is 0 Å². The number of hydrogen-bond acceptors (Lipinski definition) is 3. The van der Waals surface area contributed by atoms with Crippen LogP contribution in [-0.4, -0.2) is 13.0 Å². The summed E-state index contributed by atoms with van der Waals surface area (Å²) in [4.78, 5) is 0. The van der Waals surface area contributed by atoms with Crippen molar-refractivity contribution >= 4 is 10.1 Å². The molecule has 0 unspecified atom stereocenters. The highest BCUT2D eigenvalue weighted by molar-refractivity contribution is 7.85. The van der Waals surface area contributed by atoms with Crippen molar-refractivity contribution in [3.63, 3.8) is 0 Å². The fourth-order valence-corrected chi connectivity index (χ4v) is 1.22. The zero-order valence-corrected chi connectivity index (χ0v) is 7.63. The van der Waals surface area contributed by atoms with Crippen LogP contribution in [0.25, 0.3) is 0 Å². The lowest BCUT2D eigenvalue weighted by Gasteiger charge is -1.97. The Labute approximate surface area is 70.9 Å². The maximum absolute atomic E-state index is 10.5. The van der Waals surface area contributed by atoms with Crippen molar-refractivity contribution in [3.8, 4) is 0 Å². The molecule has 4 nitrogen and oxygen atoms in total. The predicted octanol–water partition coefficient (Wildman–Crippen LogP) is 1.65. The average molecular weight is 190 g/mol. The number of hydrogen-bond donors (Lipinski definition) is 1. The minimum absolute atomic E-state index is 0.112. The Morgan fingerprint density at radius 2 is 2.00 bits per heavy atom. The van der Waals surface area contributed by atoms with E-state index in [0.717, 1.165) is 0 Å². The second-order valence-electron chi connectivity index (χ2n) is 2.79. The topological polar surface area (TPSA) is 67.5 Å². The molecule has 0 saturated carbocycles. The summed E-state index contributed by atoms with van der Waals surface area (Å²) in [5, 5.41) is -0.397. The molecule has 1 heterocycles. The van der Waals surface area contributed by atoms with E-state index in [0.29, 0.717) is 5.76 Å². The molecular formula is C7H10O4S. The number of furan rings is 1. The van der Waals surface area contributed by atoms with E-state index in [2.05, 4.69) is 0 Å². The van der Waals surface area contributed by atoms with Crippen LogP contribution in [0.15, 0.2) is 21.6 Å². The summed E-state index contributed by atoms with van der Waals surface area (Å²) >= 11 is 0. The van der Waals surface area contributed by atoms with Crippen molar-refractivity contribution in [2.24, 2.45) is 0 Å². The van der Waals surface area contributed by atoms with Gasteiger partial charge in [-0.1, -0.05) is 13.8 Å². The summed E-state index contributed by atoms with van der Waals surface area (Å²) in [7, 11) is -4.18. The molecule has 0 aromatic carbocycles. The van der Waals surface area contributed by atoms with Gasteiger partial charge in [0.15, 0.2) is 0 Å². The highest BCUT2D eigenvalue weighted by Gasteiger charge is 2.15. The van der Waals surface area contributed by atoms with E-state index in [1.807, 2.05) is 13.8 Å². The SMILES string of the molecule is CC(C)c1ccc(S(=O)(=O)O)o1. The van der Waals surface area contributed by atoms with E-state index >= 15 is 0 Å². The zero-order valence-electron chi connectivity index (χ0n) is 6.81. The molecule has 68 valence electrons. The van der Waals surface area contributed by atoms with E-state index in [4.69, 9.17) is 8.97 Å². The Kier molecular flexibility index (Phi) is 2.25. The average Bonchev–Trinajstić information content (AvgIpc) is 2.30. The molecule has 1 aromatic heterocycles. The van der Waals surface area contributed by atoms with Gasteiger partial charge < -0.3 is 4.42 Å². The smallest absolute Gasteiger partial charge is 0.328 e. The Bertz CT molecular complexity index is 361. The summed E-state index contributed by atoms with van der Waals surface area (Å²) < 4.78 is 34.5. The quantitative estimate of drug-likeness (QED) is 0.720. The third kappa shape index (κ3) is 1.86. The standard InChI is InChI=1S/C7H10O4S/c1-5(2)6-3-4-7(11-6)12(8,9)10/h3-5H,1-2H3,(H,8,9,10). The Morgan fingerprint density at radius 3 is 2.25 bits per heavy atom. The highest BCUT2D eigenvalue weighted by atomic mass is 32.2. The van der Waals surface area contributed by atoms with Crippen LogP contribution in [0.1, 0.15) is 25.5 Å². The van der Waals surface area contributed by atoms with Crippen LogP contribution in [0.5, 0.6) is 0 Å². The molecule has 0 aliphatic carbocycles. The van der Waals surface area contributed by atoms with Crippen LogP contribution in [0.3, 0.4) is 0 Å². The van der Waals surface area contributed by atoms with E-state index in [-0.39, 0.29) is 5.92 Å². The second-order valence-corrected chi connectivity index (χ2v) is 4.14. The Morgan fingerprint density at radius 1 is 1.42 bits per heavy atom. The first-order valence-electron chi connectivity index (χ1n) is 3.48. The van der Waals surface area contributed by atoms with Crippen molar-refractivity contribution in [2.75, 3.05) is 0 Å². The van der Waals surface area contributed by atoms with Gasteiger partial charge >= 0.3 is 10.1 Å². The van der Waals surface area contributed by atoms with Gasteiger partial charge in [0, 0.05) is 5.92 Å². The van der Waals surface area contributed by atoms with Crippen molar-refractivity contribution < 1.29 is 17.4 Å². The monoisotopic (exact) mass is 190 g/mol. The fourth-order valence-electron chi connectivity index (χ4n) is 0.783. The van der Waals surface area contributed by atoms with Crippen LogP contribution in [-0.2, 0) is 10.1 Å². The van der Waals surface area contributed by atoms with E-state index in [1.165, 1.54) is 12.1 Å². The van der Waals surface area contributed by atoms with Gasteiger partial charge in [-0.05, 0) is 12.1 Å². The molecule has 0 amide bonds. The normalized spacial score (nSPS) is 12.3. The Balaban J connectivity index is 3.09. The van der Waals surface area contributed by atoms with Gasteiger partial charge in [-0.3, -0.25) is 4.55 Å². The minimum atomic E-state index is -4.18. The van der Waals surface area contributed by atoms with Crippen molar-refractivity contribution in [2.45, 2.75) is 24.9 Å². The maximum Gasteiger partial charge on any atom is 0.328 e. The summed E-state index contributed by atoms with van der Waals surface area (Å²) in [6.07, 6.45) is 0. The van der Waals surface area contributed by atoms with Crippen molar-refractivity contribution in [1.29, 1.82) is 0 Å². The molecule has 0 aliphatic heterocycles. The molecular weight excluding hydrogens is 180 g/mol. The first-order valence-corrected chi connectivity index (χ1v) is 4.92. The molecule has 0 spiro atoms. The first kappa shape index (κ1) is 9.28. The molecule has 0 fully saturated rings. The summed E-state index contributed by atoms with van der Waals surface area (Å²) in [6.45, 7) is 3.74. The van der Waals surface area contributed by atoms with Crippen LogP contribution in [0.2, 0.25) is 0 Å². The van der Waals surface area contributed by atoms with Gasteiger partial charge in [-0.15, -0.1) is 0 Å². The second kappa shape index (κ2) is 2.91. The van der Waals surface area contributed by atoms with Gasteiger partial charge in [-0.2, -0.15) is 8.42 Å². The lowest BCUT2D eigenvalue weighted by molar-refractivity contribution is 0.376. The molecule has 5 heteroatoms. The predicted molar refractivity (Wildman–Crippen MR) is 42.6 cm³/mol. The van der Waals surface area contributed by atoms with Gasteiger partial charge in [0.05, 0.1) is 0 Å². The van der Waals surface area contributed by atoms with Gasteiger partial charge in [0.2, 0.25) is 5.09 Å². The molecule has 1 rings (SSSR count). The highest BCUT2D eigenvalue weighted by Crippen LogP contribution is 2.20. The van der Waals surface area contributed by atoms with Gasteiger partial charge in [0.25, 0.3) is 0 Å². The third-order valence-electron chi connectivity index (χ3n) is 1.43. The Hall–Kier alpha value is -0.810. The summed E-state index contributed by atoms with van der Waals surface area (Å²) in [5.74, 6) is 0.656. The molecule has 1 aromatic rings. The molecule has 0 saturated heterocycles. The molecule has 1 N–H and O–H groups in total. The van der Waals surface area contributed by atoms with E-state index < -0.39 is 15.2 Å². The zero-order chi connectivity index (χ0) is 9.35. The van der Waals surface area contributed by atoms with Gasteiger partial charge in [0.1, 0.15) is 5.76 Å². The number of rotatable bonds is 2. The van der Waals surface area contributed by atoms with Gasteiger partial charge in [-0.25, -0.2) is 0 Å². The minimum Gasteiger partial charge on any atom is -0.447 e. The molecule has 0 radical (unpaired) electrons. The van der Waals surface area contributed by atoms with Crippen LogP contribution in [0, 0.1) is 0 Å². The van der Waals surface area contributed by atoms with Crippen LogP contribution in [0.4, 0.5) is 0 Å². The largest absolute Gasteiger partial charge is 0.447 e. The summed E-state index contributed by atoms with van der Waals surface area (Å²) in [6, 6.07) is 2.78. The third-order valence-corrected chi connectivity index (χ3v) is 2.15. The lowest BCUT2D eigenvalue weighted by atomic mass is 10.2. The van der Waals surface area contributed by atoms with E-state index in [1.54, 1.807) is 0 Å². The first-order chi connectivity index (χ1) is 5.41. The van der Waals surface area contributed by atoms with Crippen LogP contribution >= 0.6 is 0 Å². The molecule has 0 bridgehead atoms. The molecule has 12 heavy (non-hydrogen) atoms. The maximum atomic E-state index is 10.5. The van der Waals surface area contributed by atoms with Crippen molar-refractivity contribution in [1.82, 2.24) is 0 Å².